The van der Waals surface area contributed by atoms with Crippen molar-refractivity contribution in [2.75, 3.05) is 0 Å². The van der Waals surface area contributed by atoms with E-state index in [9.17, 15) is 0 Å². The molecule has 69 heavy (non-hydrogen) atoms. The number of benzene rings is 4. The van der Waals surface area contributed by atoms with Gasteiger partial charge in [0.2, 0.25) is 0 Å². The molecule has 0 saturated carbocycles. The number of hydrogen-bond donors (Lipinski definition) is 4. The molecule has 11 nitrogen and oxygen atoms in total. The Morgan fingerprint density at radius 1 is 0.246 bits per heavy atom. The van der Waals surface area contributed by atoms with Gasteiger partial charge >= 0.3 is 0 Å². The molecule has 0 unspecified atom stereocenters. The highest BCUT2D eigenvalue weighted by molar-refractivity contribution is 5.76. The highest BCUT2D eigenvalue weighted by atomic mass is 16.3. The van der Waals surface area contributed by atoms with Crippen molar-refractivity contribution in [3.05, 3.63) is 253 Å². The highest BCUT2D eigenvalue weighted by Gasteiger charge is 2.09. The van der Waals surface area contributed by atoms with Crippen LogP contribution in [0.5, 0.6) is 23.0 Å². The van der Waals surface area contributed by atoms with Gasteiger partial charge in [-0.25, -0.2) is 9.97 Å². The van der Waals surface area contributed by atoms with Crippen molar-refractivity contribution < 1.29 is 25.9 Å². The van der Waals surface area contributed by atoms with Crippen molar-refractivity contribution in [2.45, 2.75) is 0 Å². The van der Waals surface area contributed by atoms with Gasteiger partial charge in [0, 0.05) is 36.9 Å². The quantitative estimate of drug-likeness (QED) is 0.114. The van der Waals surface area contributed by atoms with Crippen LogP contribution in [-0.2, 0) is 0 Å². The minimum atomic E-state index is 0. The van der Waals surface area contributed by atoms with E-state index in [2.05, 4.69) is 68.5 Å². The molecule has 0 spiro atoms. The SMILES string of the molecule is C(=C\c1cc(-c2ccccn2)nc(-c2ccccn2)c1)/c1ccccc1.C(=C\c1cc(-c2ccccn2)nc(-c2ccccn2)c1)/c1ccccc1.O.Oc1cccc(O)c1.Oc1cccc(O)c1. The van der Waals surface area contributed by atoms with Crippen molar-refractivity contribution >= 4 is 24.3 Å². The summed E-state index contributed by atoms with van der Waals surface area (Å²) < 4.78 is 0. The number of nitrogens with zero attached hydrogens (tertiary/aromatic N) is 6. The Morgan fingerprint density at radius 3 is 0.739 bits per heavy atom. The lowest BCUT2D eigenvalue weighted by atomic mass is 10.1. The van der Waals surface area contributed by atoms with Gasteiger partial charge in [0.25, 0.3) is 0 Å². The zero-order valence-corrected chi connectivity index (χ0v) is 37.2. The third-order valence-electron chi connectivity index (χ3n) is 9.60. The number of phenols is 4. The second-order valence-electron chi connectivity index (χ2n) is 14.7. The van der Waals surface area contributed by atoms with Crippen LogP contribution in [-0.4, -0.2) is 55.8 Å². The van der Waals surface area contributed by atoms with E-state index < -0.39 is 0 Å². The average molecular weight is 909 g/mol. The number of phenolic OH excluding ortho intramolecular Hbond substituents is 4. The normalized spacial score (nSPS) is 10.3. The standard InChI is InChI=1S/2C23H17N3.2C6H6O2.H2O/c2*1-2-8-18(9-3-1)12-13-19-16-22(20-10-4-6-14-24-20)26-23(17-19)21-11-5-7-15-25-21;2*7-5-2-1-3-6(8)4-5;/h2*1-17H;2*1-4,7-8H;1H2/b2*13-12+;;;. The smallest absolute Gasteiger partial charge is 0.119 e. The molecule has 0 radical (unpaired) electrons. The van der Waals surface area contributed by atoms with Crippen molar-refractivity contribution in [1.29, 1.82) is 0 Å². The van der Waals surface area contributed by atoms with E-state index in [1.807, 2.05) is 133 Å². The third kappa shape index (κ3) is 15.8. The molecular weight excluding hydrogens is 861 g/mol. The summed E-state index contributed by atoms with van der Waals surface area (Å²) >= 11 is 0. The van der Waals surface area contributed by atoms with Gasteiger partial charge in [-0.1, -0.05) is 121 Å². The number of aromatic hydroxyl groups is 4. The first-order valence-corrected chi connectivity index (χ1v) is 21.5. The summed E-state index contributed by atoms with van der Waals surface area (Å²) in [6, 6.07) is 63.8. The molecule has 0 fully saturated rings. The lowest BCUT2D eigenvalue weighted by Crippen LogP contribution is -1.93. The minimum Gasteiger partial charge on any atom is -0.508 e. The fourth-order valence-electron chi connectivity index (χ4n) is 6.38. The molecule has 10 rings (SSSR count). The van der Waals surface area contributed by atoms with Gasteiger partial charge in [-0.3, -0.25) is 19.9 Å². The minimum absolute atomic E-state index is 0. The molecule has 340 valence electrons. The maximum absolute atomic E-state index is 8.65. The maximum Gasteiger partial charge on any atom is 0.119 e. The Kier molecular flexibility index (Phi) is 18.3. The van der Waals surface area contributed by atoms with Crippen molar-refractivity contribution in [1.82, 2.24) is 29.9 Å². The zero-order chi connectivity index (χ0) is 47.2. The summed E-state index contributed by atoms with van der Waals surface area (Å²) in [7, 11) is 0. The lowest BCUT2D eigenvalue weighted by Gasteiger charge is -2.06. The molecule has 11 heteroatoms. The van der Waals surface area contributed by atoms with Crippen LogP contribution in [0.15, 0.2) is 231 Å². The second kappa shape index (κ2) is 25.8. The van der Waals surface area contributed by atoms with Gasteiger partial charge < -0.3 is 25.9 Å². The summed E-state index contributed by atoms with van der Waals surface area (Å²) in [6.45, 7) is 0. The Hall–Kier alpha value is -9.58. The van der Waals surface area contributed by atoms with E-state index in [4.69, 9.17) is 30.4 Å². The molecule has 0 saturated heterocycles. The Morgan fingerprint density at radius 2 is 0.507 bits per heavy atom. The van der Waals surface area contributed by atoms with Gasteiger partial charge in [0.1, 0.15) is 23.0 Å². The van der Waals surface area contributed by atoms with E-state index in [0.29, 0.717) is 0 Å². The maximum atomic E-state index is 8.65. The first-order valence-electron chi connectivity index (χ1n) is 21.5. The summed E-state index contributed by atoms with van der Waals surface area (Å²) in [5.41, 5.74) is 11.2. The van der Waals surface area contributed by atoms with Crippen LogP contribution < -0.4 is 0 Å². The first-order chi connectivity index (χ1) is 33.3. The van der Waals surface area contributed by atoms with E-state index in [0.717, 1.165) is 67.8 Å². The second-order valence-corrected chi connectivity index (χ2v) is 14.7. The molecule has 4 aromatic carbocycles. The Labute approximate surface area is 400 Å². The number of rotatable bonds is 8. The van der Waals surface area contributed by atoms with Crippen molar-refractivity contribution in [3.63, 3.8) is 0 Å². The molecule has 6 aromatic heterocycles. The Balaban J connectivity index is 0.000000170. The molecule has 0 aliphatic heterocycles. The summed E-state index contributed by atoms with van der Waals surface area (Å²) in [5, 5.41) is 34.6. The van der Waals surface area contributed by atoms with Crippen LogP contribution in [0.3, 0.4) is 0 Å². The van der Waals surface area contributed by atoms with Crippen LogP contribution in [0.1, 0.15) is 22.3 Å². The topological polar surface area (TPSA) is 190 Å². The number of hydrogen-bond acceptors (Lipinski definition) is 10. The average Bonchev–Trinajstić information content (AvgIpc) is 3.39. The van der Waals surface area contributed by atoms with Crippen LogP contribution in [0.25, 0.3) is 69.9 Å². The lowest BCUT2D eigenvalue weighted by molar-refractivity contribution is 0.449. The molecule has 10 aromatic rings. The van der Waals surface area contributed by atoms with Gasteiger partial charge in [0.15, 0.2) is 0 Å². The molecule has 0 aliphatic carbocycles. The summed E-state index contributed by atoms with van der Waals surface area (Å²) in [4.78, 5) is 27.3. The van der Waals surface area contributed by atoms with Gasteiger partial charge in [-0.15, -0.1) is 0 Å². The van der Waals surface area contributed by atoms with Gasteiger partial charge in [-0.2, -0.15) is 0 Å². The predicted octanol–water partition coefficient (Wildman–Crippen LogP) is 12.1. The largest absolute Gasteiger partial charge is 0.508 e. The molecule has 0 amide bonds. The molecule has 0 aliphatic rings. The number of pyridine rings is 6. The van der Waals surface area contributed by atoms with Crippen molar-refractivity contribution in [2.24, 2.45) is 0 Å². The van der Waals surface area contributed by atoms with E-state index >= 15 is 0 Å². The summed E-state index contributed by atoms with van der Waals surface area (Å²) in [5.74, 6) is 0.352. The Bertz CT molecular complexity index is 2780. The molecule has 0 bridgehead atoms. The molecule has 0 atom stereocenters. The van der Waals surface area contributed by atoms with Crippen LogP contribution in [0.2, 0.25) is 0 Å². The zero-order valence-electron chi connectivity index (χ0n) is 37.2. The first kappa shape index (κ1) is 48.9. The van der Waals surface area contributed by atoms with Crippen LogP contribution >= 0.6 is 0 Å². The van der Waals surface area contributed by atoms with E-state index in [1.54, 1.807) is 36.9 Å². The highest BCUT2D eigenvalue weighted by Crippen LogP contribution is 2.26. The molecular formula is C58H48N6O5. The van der Waals surface area contributed by atoms with Gasteiger partial charge in [0.05, 0.1) is 45.6 Å². The third-order valence-corrected chi connectivity index (χ3v) is 9.60. The fraction of sp³-hybridized carbons (Fsp3) is 0. The van der Waals surface area contributed by atoms with E-state index in [-0.39, 0.29) is 28.5 Å². The van der Waals surface area contributed by atoms with Crippen molar-refractivity contribution in [3.8, 4) is 68.5 Å². The predicted molar refractivity (Wildman–Crippen MR) is 275 cm³/mol. The fourth-order valence-corrected chi connectivity index (χ4v) is 6.38. The van der Waals surface area contributed by atoms with Gasteiger partial charge in [-0.05, 0) is 119 Å². The van der Waals surface area contributed by atoms with E-state index in [1.165, 1.54) is 36.4 Å². The molecule has 6 heterocycles. The van der Waals surface area contributed by atoms with Crippen LogP contribution in [0, 0.1) is 0 Å². The van der Waals surface area contributed by atoms with Crippen LogP contribution in [0.4, 0.5) is 0 Å². The summed E-state index contributed by atoms with van der Waals surface area (Å²) in [6.07, 6.45) is 15.5. The number of aromatic nitrogens is 6. The monoisotopic (exact) mass is 908 g/mol. The molecule has 6 N–H and O–H groups in total.